The molecule has 0 radical (unpaired) electrons. The number of hydrogen-bond acceptors (Lipinski definition) is 1. The topological polar surface area (TPSA) is 23.8 Å². The summed E-state index contributed by atoms with van der Waals surface area (Å²) in [5, 5.41) is 9.53. The first-order valence-corrected chi connectivity index (χ1v) is 6.61. The number of aryl methyl sites for hydroxylation is 1. The van der Waals surface area contributed by atoms with E-state index in [2.05, 4.69) is 44.2 Å². The first kappa shape index (κ1) is 12.2. The molecule has 1 fully saturated rings. The van der Waals surface area contributed by atoms with Gasteiger partial charge in [0.05, 0.1) is 11.5 Å². The van der Waals surface area contributed by atoms with Crippen LogP contribution in [0, 0.1) is 29.6 Å². The number of rotatable bonds is 2. The Hall–Kier alpha value is -1.29. The van der Waals surface area contributed by atoms with Crippen LogP contribution in [-0.4, -0.2) is 0 Å². The second-order valence-corrected chi connectivity index (χ2v) is 5.68. The third-order valence-corrected chi connectivity index (χ3v) is 4.26. The highest BCUT2D eigenvalue weighted by molar-refractivity contribution is 5.28. The van der Waals surface area contributed by atoms with Gasteiger partial charge in [0, 0.05) is 0 Å². The van der Waals surface area contributed by atoms with Gasteiger partial charge in [-0.15, -0.1) is 0 Å². The van der Waals surface area contributed by atoms with E-state index in [-0.39, 0.29) is 5.41 Å². The van der Waals surface area contributed by atoms with Gasteiger partial charge in [-0.2, -0.15) is 5.26 Å². The summed E-state index contributed by atoms with van der Waals surface area (Å²) < 4.78 is 0. The number of nitrogens with zero attached hydrogens (tertiary/aromatic N) is 1. The quantitative estimate of drug-likeness (QED) is 0.740. The van der Waals surface area contributed by atoms with E-state index in [1.165, 1.54) is 24.0 Å². The van der Waals surface area contributed by atoms with Crippen molar-refractivity contribution in [2.45, 2.75) is 46.0 Å². The van der Waals surface area contributed by atoms with E-state index in [0.29, 0.717) is 0 Å². The number of hydrogen-bond donors (Lipinski definition) is 0. The second kappa shape index (κ2) is 4.92. The Morgan fingerprint density at radius 1 is 1.29 bits per heavy atom. The Morgan fingerprint density at radius 3 is 2.53 bits per heavy atom. The fourth-order valence-electron chi connectivity index (χ4n) is 2.82. The maximum absolute atomic E-state index is 9.53. The number of nitriles is 1. The molecule has 1 nitrogen and oxygen atoms in total. The van der Waals surface area contributed by atoms with Gasteiger partial charge in [-0.25, -0.2) is 0 Å². The first-order chi connectivity index (χ1) is 8.15. The van der Waals surface area contributed by atoms with Crippen molar-refractivity contribution < 1.29 is 0 Å². The zero-order chi connectivity index (χ0) is 12.3. The van der Waals surface area contributed by atoms with Crippen molar-refractivity contribution in [3.05, 3.63) is 35.4 Å². The summed E-state index contributed by atoms with van der Waals surface area (Å²) in [4.78, 5) is 0. The lowest BCUT2D eigenvalue weighted by molar-refractivity contribution is 0.218. The molecule has 1 aliphatic carbocycles. The molecular formula is C16H21N. The van der Waals surface area contributed by atoms with Gasteiger partial charge in [0.15, 0.2) is 0 Å². The monoisotopic (exact) mass is 227 g/mol. The molecule has 0 aromatic heterocycles. The molecule has 90 valence electrons. The van der Waals surface area contributed by atoms with Gasteiger partial charge in [-0.05, 0) is 56.1 Å². The van der Waals surface area contributed by atoms with Crippen LogP contribution in [-0.2, 0) is 6.42 Å². The summed E-state index contributed by atoms with van der Waals surface area (Å²) in [6.07, 6.45) is 5.49. The Balaban J connectivity index is 2.16. The molecule has 0 unspecified atom stereocenters. The molecule has 0 amide bonds. The molecule has 0 spiro atoms. The fourth-order valence-corrected chi connectivity index (χ4v) is 2.82. The van der Waals surface area contributed by atoms with E-state index in [0.717, 1.165) is 25.2 Å². The van der Waals surface area contributed by atoms with Gasteiger partial charge in [0.1, 0.15) is 0 Å². The molecular weight excluding hydrogens is 206 g/mol. The maximum atomic E-state index is 9.53. The lowest BCUT2D eigenvalue weighted by Crippen LogP contribution is -2.27. The Kier molecular flexibility index (Phi) is 3.52. The predicted molar refractivity (Wildman–Crippen MR) is 70.6 cm³/mol. The lowest BCUT2D eigenvalue weighted by Gasteiger charge is -2.34. The van der Waals surface area contributed by atoms with Crippen molar-refractivity contribution in [2.24, 2.45) is 11.3 Å². The largest absolute Gasteiger partial charge is 0.198 e. The average Bonchev–Trinajstić information content (AvgIpc) is 2.35. The standard InChI is InChI=1S/C16H21N/c1-13-7-9-16(12-17,10-8-13)11-15-6-4-3-5-14(15)2/h3-6,13H,7-11H2,1-2H3. The van der Waals surface area contributed by atoms with Gasteiger partial charge in [0.25, 0.3) is 0 Å². The molecule has 0 saturated heterocycles. The fraction of sp³-hybridized carbons (Fsp3) is 0.562. The molecule has 1 aromatic rings. The zero-order valence-corrected chi connectivity index (χ0v) is 10.9. The molecule has 1 saturated carbocycles. The highest BCUT2D eigenvalue weighted by Gasteiger charge is 2.34. The van der Waals surface area contributed by atoms with Crippen LogP contribution in [0.15, 0.2) is 24.3 Å². The van der Waals surface area contributed by atoms with Crippen molar-refractivity contribution in [1.82, 2.24) is 0 Å². The van der Waals surface area contributed by atoms with Gasteiger partial charge >= 0.3 is 0 Å². The predicted octanol–water partition coefficient (Wildman–Crippen LogP) is 4.26. The van der Waals surface area contributed by atoms with E-state index in [9.17, 15) is 5.26 Å². The SMILES string of the molecule is Cc1ccccc1CC1(C#N)CCC(C)CC1. The van der Waals surface area contributed by atoms with E-state index in [4.69, 9.17) is 0 Å². The van der Waals surface area contributed by atoms with Crippen molar-refractivity contribution in [3.8, 4) is 6.07 Å². The van der Waals surface area contributed by atoms with Crippen LogP contribution >= 0.6 is 0 Å². The van der Waals surface area contributed by atoms with Gasteiger partial charge < -0.3 is 0 Å². The van der Waals surface area contributed by atoms with Crippen LogP contribution in [0.25, 0.3) is 0 Å². The first-order valence-electron chi connectivity index (χ1n) is 6.61. The minimum atomic E-state index is -0.0986. The van der Waals surface area contributed by atoms with E-state index < -0.39 is 0 Å². The summed E-state index contributed by atoms with van der Waals surface area (Å²) in [5.74, 6) is 0.799. The Morgan fingerprint density at radius 2 is 1.94 bits per heavy atom. The highest BCUT2D eigenvalue weighted by Crippen LogP contribution is 2.41. The van der Waals surface area contributed by atoms with Gasteiger partial charge in [-0.3, -0.25) is 0 Å². The van der Waals surface area contributed by atoms with Crippen LogP contribution in [0.1, 0.15) is 43.7 Å². The van der Waals surface area contributed by atoms with Crippen molar-refractivity contribution in [1.29, 1.82) is 5.26 Å². The molecule has 1 aromatic carbocycles. The van der Waals surface area contributed by atoms with Crippen LogP contribution in [0.5, 0.6) is 0 Å². The third-order valence-electron chi connectivity index (χ3n) is 4.26. The zero-order valence-electron chi connectivity index (χ0n) is 10.9. The van der Waals surface area contributed by atoms with E-state index in [1.807, 2.05) is 0 Å². The molecule has 0 bridgehead atoms. The molecule has 0 heterocycles. The smallest absolute Gasteiger partial charge is 0.0693 e. The molecule has 0 atom stereocenters. The van der Waals surface area contributed by atoms with Crippen molar-refractivity contribution in [2.75, 3.05) is 0 Å². The van der Waals surface area contributed by atoms with Crippen LogP contribution in [0.3, 0.4) is 0 Å². The molecule has 0 N–H and O–H groups in total. The second-order valence-electron chi connectivity index (χ2n) is 5.68. The molecule has 1 aliphatic rings. The third kappa shape index (κ3) is 2.69. The molecule has 1 heteroatoms. The van der Waals surface area contributed by atoms with Crippen molar-refractivity contribution >= 4 is 0 Å². The van der Waals surface area contributed by atoms with Crippen LogP contribution in [0.2, 0.25) is 0 Å². The number of benzene rings is 1. The summed E-state index contributed by atoms with van der Waals surface area (Å²) in [6.45, 7) is 4.45. The van der Waals surface area contributed by atoms with Gasteiger partial charge in [0.2, 0.25) is 0 Å². The molecule has 0 aliphatic heterocycles. The van der Waals surface area contributed by atoms with Crippen LogP contribution in [0.4, 0.5) is 0 Å². The minimum absolute atomic E-state index is 0.0986. The Labute approximate surface area is 104 Å². The van der Waals surface area contributed by atoms with Gasteiger partial charge in [-0.1, -0.05) is 31.2 Å². The Bertz CT molecular complexity index is 419. The highest BCUT2D eigenvalue weighted by atomic mass is 14.4. The molecule has 17 heavy (non-hydrogen) atoms. The lowest BCUT2D eigenvalue weighted by atomic mass is 9.68. The minimum Gasteiger partial charge on any atom is -0.198 e. The average molecular weight is 227 g/mol. The maximum Gasteiger partial charge on any atom is 0.0693 e. The summed E-state index contributed by atoms with van der Waals surface area (Å²) in [7, 11) is 0. The van der Waals surface area contributed by atoms with E-state index >= 15 is 0 Å². The van der Waals surface area contributed by atoms with Crippen molar-refractivity contribution in [3.63, 3.8) is 0 Å². The summed E-state index contributed by atoms with van der Waals surface area (Å²) in [5.41, 5.74) is 2.57. The summed E-state index contributed by atoms with van der Waals surface area (Å²) in [6, 6.07) is 11.1. The molecule has 2 rings (SSSR count). The summed E-state index contributed by atoms with van der Waals surface area (Å²) >= 11 is 0. The van der Waals surface area contributed by atoms with E-state index in [1.54, 1.807) is 0 Å². The van der Waals surface area contributed by atoms with Crippen LogP contribution < -0.4 is 0 Å². The normalized spacial score (nSPS) is 28.6.